The molecule has 3 N–H and O–H groups in total. The number of rotatable bonds is 11. The van der Waals surface area contributed by atoms with Gasteiger partial charge in [0.2, 0.25) is 5.91 Å². The van der Waals surface area contributed by atoms with Crippen LogP contribution in [0.3, 0.4) is 0 Å². The van der Waals surface area contributed by atoms with Gasteiger partial charge in [0.05, 0.1) is 6.61 Å². The Labute approximate surface area is 120 Å². The van der Waals surface area contributed by atoms with E-state index in [1.54, 1.807) is 0 Å². The number of hydrogen-bond donors (Lipinski definition) is 3. The Balaban J connectivity index is 3.75. The van der Waals surface area contributed by atoms with Gasteiger partial charge in [-0.3, -0.25) is 13.8 Å². The van der Waals surface area contributed by atoms with E-state index in [1.807, 2.05) is 13.8 Å². The van der Waals surface area contributed by atoms with E-state index < -0.39 is 7.82 Å². The Morgan fingerprint density at radius 1 is 1.35 bits per heavy atom. The van der Waals surface area contributed by atoms with Crippen molar-refractivity contribution < 1.29 is 28.4 Å². The molecular formula is C12H26NO6P. The number of carbonyl (C=O) groups is 1. The summed E-state index contributed by atoms with van der Waals surface area (Å²) in [7, 11) is -2.89. The van der Waals surface area contributed by atoms with Gasteiger partial charge in [-0.15, -0.1) is 0 Å². The Kier molecular flexibility index (Phi) is 10.1. The summed E-state index contributed by atoms with van der Waals surface area (Å²) >= 11 is 0. The van der Waals surface area contributed by atoms with Crippen molar-refractivity contribution in [2.24, 2.45) is 11.8 Å². The lowest BCUT2D eigenvalue weighted by Gasteiger charge is -2.16. The van der Waals surface area contributed by atoms with Gasteiger partial charge in [0.25, 0.3) is 0 Å². The van der Waals surface area contributed by atoms with Crippen LogP contribution in [0, 0.1) is 11.8 Å². The van der Waals surface area contributed by atoms with Gasteiger partial charge in [0, 0.05) is 32.1 Å². The predicted molar refractivity (Wildman–Crippen MR) is 75.1 cm³/mol. The van der Waals surface area contributed by atoms with Crippen LogP contribution in [0.2, 0.25) is 0 Å². The SMILES string of the molecule is COP(=O)(O)OCC(CO)CCCCNC(=O)C(C)C. The van der Waals surface area contributed by atoms with E-state index in [9.17, 15) is 9.36 Å². The van der Waals surface area contributed by atoms with Gasteiger partial charge >= 0.3 is 7.82 Å². The summed E-state index contributed by atoms with van der Waals surface area (Å²) in [5, 5.41) is 12.0. The fourth-order valence-electron chi connectivity index (χ4n) is 1.45. The van der Waals surface area contributed by atoms with Crippen molar-refractivity contribution in [1.29, 1.82) is 0 Å². The monoisotopic (exact) mass is 311 g/mol. The maximum atomic E-state index is 11.3. The van der Waals surface area contributed by atoms with E-state index in [0.29, 0.717) is 13.0 Å². The van der Waals surface area contributed by atoms with Crippen molar-refractivity contribution in [3.8, 4) is 0 Å². The molecule has 0 aromatic rings. The highest BCUT2D eigenvalue weighted by molar-refractivity contribution is 7.47. The van der Waals surface area contributed by atoms with Crippen molar-refractivity contribution in [2.45, 2.75) is 33.1 Å². The molecule has 0 radical (unpaired) electrons. The lowest BCUT2D eigenvalue weighted by molar-refractivity contribution is -0.123. The number of hydrogen-bond acceptors (Lipinski definition) is 5. The molecule has 0 heterocycles. The molecule has 0 spiro atoms. The first-order valence-electron chi connectivity index (χ1n) is 6.74. The Morgan fingerprint density at radius 3 is 2.50 bits per heavy atom. The molecule has 0 fully saturated rings. The summed E-state index contributed by atoms with van der Waals surface area (Å²) in [6.07, 6.45) is 2.23. The quantitative estimate of drug-likeness (QED) is 0.392. The number of phosphoric acid groups is 1. The van der Waals surface area contributed by atoms with Gasteiger partial charge in [-0.2, -0.15) is 0 Å². The zero-order valence-corrected chi connectivity index (χ0v) is 13.3. The van der Waals surface area contributed by atoms with Crippen LogP contribution < -0.4 is 5.32 Å². The molecule has 0 saturated heterocycles. The van der Waals surface area contributed by atoms with Crippen molar-refractivity contribution in [1.82, 2.24) is 5.32 Å². The minimum atomic E-state index is -3.98. The topological polar surface area (TPSA) is 105 Å². The van der Waals surface area contributed by atoms with Gasteiger partial charge in [0.1, 0.15) is 0 Å². The van der Waals surface area contributed by atoms with E-state index in [1.165, 1.54) is 0 Å². The van der Waals surface area contributed by atoms with E-state index >= 15 is 0 Å². The molecule has 0 rings (SSSR count). The maximum absolute atomic E-state index is 11.3. The van der Waals surface area contributed by atoms with Gasteiger partial charge in [-0.25, -0.2) is 4.57 Å². The molecule has 2 unspecified atom stereocenters. The molecule has 120 valence electrons. The zero-order valence-electron chi connectivity index (χ0n) is 12.4. The molecule has 1 amide bonds. The van der Waals surface area contributed by atoms with E-state index in [0.717, 1.165) is 20.0 Å². The van der Waals surface area contributed by atoms with Crippen molar-refractivity contribution >= 4 is 13.7 Å². The molecule has 8 heteroatoms. The molecule has 0 saturated carbocycles. The lowest BCUT2D eigenvalue weighted by Crippen LogP contribution is -2.28. The third-order valence-electron chi connectivity index (χ3n) is 2.83. The van der Waals surface area contributed by atoms with Gasteiger partial charge in [0.15, 0.2) is 0 Å². The Hall–Kier alpha value is -0.460. The van der Waals surface area contributed by atoms with Crippen molar-refractivity contribution in [3.63, 3.8) is 0 Å². The van der Waals surface area contributed by atoms with E-state index in [4.69, 9.17) is 14.5 Å². The lowest BCUT2D eigenvalue weighted by atomic mass is 10.0. The normalized spacial score (nSPS) is 15.9. The summed E-state index contributed by atoms with van der Waals surface area (Å²) in [6, 6.07) is 0. The second kappa shape index (κ2) is 10.3. The maximum Gasteiger partial charge on any atom is 0.471 e. The average Bonchev–Trinajstić information content (AvgIpc) is 2.41. The number of phosphoric ester groups is 1. The molecule has 0 aromatic carbocycles. The molecule has 0 aliphatic rings. The highest BCUT2D eigenvalue weighted by Gasteiger charge is 2.20. The summed E-state index contributed by atoms with van der Waals surface area (Å²) in [5.74, 6) is -0.221. The molecule has 20 heavy (non-hydrogen) atoms. The number of nitrogens with one attached hydrogen (secondary N) is 1. The first-order valence-corrected chi connectivity index (χ1v) is 8.23. The number of amides is 1. The summed E-state index contributed by atoms with van der Waals surface area (Å²) in [6.45, 7) is 4.10. The Morgan fingerprint density at radius 2 is 2.00 bits per heavy atom. The number of aliphatic hydroxyl groups is 1. The molecule has 7 nitrogen and oxygen atoms in total. The largest absolute Gasteiger partial charge is 0.471 e. The van der Waals surface area contributed by atoms with Crippen LogP contribution in [0.25, 0.3) is 0 Å². The van der Waals surface area contributed by atoms with Crippen LogP contribution in [0.5, 0.6) is 0 Å². The highest BCUT2D eigenvalue weighted by Crippen LogP contribution is 2.42. The molecule has 0 aliphatic heterocycles. The fourth-order valence-corrected chi connectivity index (χ4v) is 1.96. The van der Waals surface area contributed by atoms with Crippen LogP contribution in [0.4, 0.5) is 0 Å². The highest BCUT2D eigenvalue weighted by atomic mass is 31.2. The van der Waals surface area contributed by atoms with Crippen LogP contribution >= 0.6 is 7.82 Å². The van der Waals surface area contributed by atoms with Crippen LogP contribution in [-0.2, 0) is 18.4 Å². The predicted octanol–water partition coefficient (Wildman–Crippen LogP) is 1.30. The Bertz CT molecular complexity index is 323. The summed E-state index contributed by atoms with van der Waals surface area (Å²) in [5.41, 5.74) is 0. The molecule has 0 bridgehead atoms. The van der Waals surface area contributed by atoms with Gasteiger partial charge < -0.3 is 15.3 Å². The number of aliphatic hydroxyl groups excluding tert-OH is 1. The van der Waals surface area contributed by atoms with E-state index in [-0.39, 0.29) is 31.0 Å². The number of carbonyl (C=O) groups excluding carboxylic acids is 1. The van der Waals surface area contributed by atoms with Crippen molar-refractivity contribution in [2.75, 3.05) is 26.9 Å². The van der Waals surface area contributed by atoms with Crippen LogP contribution in [0.1, 0.15) is 33.1 Å². The van der Waals surface area contributed by atoms with Gasteiger partial charge in [-0.1, -0.05) is 20.3 Å². The van der Waals surface area contributed by atoms with Gasteiger partial charge in [-0.05, 0) is 12.8 Å². The smallest absolute Gasteiger partial charge is 0.396 e. The van der Waals surface area contributed by atoms with Crippen molar-refractivity contribution in [3.05, 3.63) is 0 Å². The molecular weight excluding hydrogens is 285 g/mol. The van der Waals surface area contributed by atoms with Crippen LogP contribution in [-0.4, -0.2) is 42.8 Å². The third-order valence-corrected chi connectivity index (χ3v) is 3.76. The van der Waals surface area contributed by atoms with E-state index in [2.05, 4.69) is 9.84 Å². The second-order valence-electron chi connectivity index (χ2n) is 4.94. The standard InChI is InChI=1S/C12H26NO6P/c1-10(2)12(15)13-7-5-4-6-11(8-14)9-19-20(16,17)18-3/h10-11,14H,4-9H2,1-3H3,(H,13,15)(H,16,17). The summed E-state index contributed by atoms with van der Waals surface area (Å²) < 4.78 is 20.1. The van der Waals surface area contributed by atoms with Crippen LogP contribution in [0.15, 0.2) is 0 Å². The molecule has 2 atom stereocenters. The number of unbranched alkanes of at least 4 members (excludes halogenated alkanes) is 1. The first kappa shape index (κ1) is 19.5. The molecule has 0 aliphatic carbocycles. The first-order chi connectivity index (χ1) is 9.32. The average molecular weight is 311 g/mol. The summed E-state index contributed by atoms with van der Waals surface area (Å²) in [4.78, 5) is 20.4. The zero-order chi connectivity index (χ0) is 15.6. The third kappa shape index (κ3) is 9.44. The minimum Gasteiger partial charge on any atom is -0.396 e. The fraction of sp³-hybridized carbons (Fsp3) is 0.917. The minimum absolute atomic E-state index is 0.0216. The molecule has 0 aromatic heterocycles. The second-order valence-corrected chi connectivity index (χ2v) is 6.50.